The molecule has 0 spiro atoms. The summed E-state index contributed by atoms with van der Waals surface area (Å²) in [6, 6.07) is 4.64. The fourth-order valence-corrected chi connectivity index (χ4v) is 1.54. The summed E-state index contributed by atoms with van der Waals surface area (Å²) in [5, 5.41) is 3.02. The van der Waals surface area contributed by atoms with Gasteiger partial charge in [-0.2, -0.15) is 0 Å². The van der Waals surface area contributed by atoms with Crippen LogP contribution < -0.4 is 5.32 Å². The predicted molar refractivity (Wildman–Crippen MR) is 67.6 cm³/mol. The fraction of sp³-hybridized carbons (Fsp3) is 0.385. The van der Waals surface area contributed by atoms with E-state index in [4.69, 9.17) is 0 Å². The van der Waals surface area contributed by atoms with E-state index in [9.17, 15) is 9.59 Å². The number of carbonyl (C=O) groups is 2. The van der Waals surface area contributed by atoms with Crippen molar-refractivity contribution in [2.75, 3.05) is 19.5 Å². The van der Waals surface area contributed by atoms with E-state index >= 15 is 0 Å². The van der Waals surface area contributed by atoms with Gasteiger partial charge < -0.3 is 14.8 Å². The molecule has 5 heteroatoms. The van der Waals surface area contributed by atoms with Gasteiger partial charge in [0.05, 0.1) is 19.8 Å². The van der Waals surface area contributed by atoms with Crippen LogP contribution in [0.3, 0.4) is 0 Å². The van der Waals surface area contributed by atoms with E-state index in [2.05, 4.69) is 14.8 Å². The average molecular weight is 251 g/mol. The summed E-state index contributed by atoms with van der Waals surface area (Å²) in [6.07, 6.45) is 0. The Morgan fingerprint density at radius 3 is 2.39 bits per heavy atom. The van der Waals surface area contributed by atoms with E-state index in [0.29, 0.717) is 5.56 Å². The molecule has 0 aromatic heterocycles. The summed E-state index contributed by atoms with van der Waals surface area (Å²) in [4.78, 5) is 22.6. The lowest BCUT2D eigenvalue weighted by Crippen LogP contribution is -2.27. The second-order valence-corrected chi connectivity index (χ2v) is 3.91. The molecule has 0 saturated heterocycles. The van der Waals surface area contributed by atoms with Crippen molar-refractivity contribution in [3.8, 4) is 0 Å². The molecular formula is C13H17NO4. The maximum Gasteiger partial charge on any atom is 0.337 e. The van der Waals surface area contributed by atoms with Gasteiger partial charge in [0.2, 0.25) is 0 Å². The van der Waals surface area contributed by atoms with Gasteiger partial charge in [-0.05, 0) is 37.6 Å². The highest BCUT2D eigenvalue weighted by Gasteiger charge is 2.14. The van der Waals surface area contributed by atoms with Gasteiger partial charge in [0, 0.05) is 5.69 Å². The average Bonchev–Trinajstić information content (AvgIpc) is 2.38. The lowest BCUT2D eigenvalue weighted by molar-refractivity contribution is -0.141. The molecule has 18 heavy (non-hydrogen) atoms. The van der Waals surface area contributed by atoms with Crippen molar-refractivity contribution in [2.45, 2.75) is 19.9 Å². The molecule has 1 rings (SSSR count). The van der Waals surface area contributed by atoms with Gasteiger partial charge in [0.1, 0.15) is 6.04 Å². The van der Waals surface area contributed by atoms with Crippen molar-refractivity contribution in [1.29, 1.82) is 0 Å². The first-order valence-corrected chi connectivity index (χ1v) is 5.53. The summed E-state index contributed by atoms with van der Waals surface area (Å²) in [7, 11) is 2.68. The molecule has 1 unspecified atom stereocenters. The van der Waals surface area contributed by atoms with E-state index in [0.717, 1.165) is 11.3 Å². The molecule has 1 aromatic carbocycles. The zero-order valence-electron chi connectivity index (χ0n) is 10.9. The number of anilines is 1. The molecule has 1 N–H and O–H groups in total. The predicted octanol–water partition coefficient (Wildman–Crippen LogP) is 1.76. The summed E-state index contributed by atoms with van der Waals surface area (Å²) in [6.45, 7) is 3.55. The minimum absolute atomic E-state index is 0.341. The van der Waals surface area contributed by atoms with Gasteiger partial charge >= 0.3 is 11.9 Å². The molecule has 0 aliphatic rings. The Bertz CT molecular complexity index is 456. The lowest BCUT2D eigenvalue weighted by atomic mass is 10.1. The van der Waals surface area contributed by atoms with Crippen molar-refractivity contribution in [1.82, 2.24) is 0 Å². The van der Waals surface area contributed by atoms with Gasteiger partial charge in [0.15, 0.2) is 0 Å². The Kier molecular flexibility index (Phi) is 4.71. The number of carbonyl (C=O) groups excluding carboxylic acids is 2. The van der Waals surface area contributed by atoms with Gasteiger partial charge in [-0.3, -0.25) is 0 Å². The minimum atomic E-state index is -0.447. The number of benzene rings is 1. The third kappa shape index (κ3) is 3.23. The zero-order valence-corrected chi connectivity index (χ0v) is 10.9. The molecule has 0 fully saturated rings. The van der Waals surface area contributed by atoms with Crippen LogP contribution in [0.15, 0.2) is 18.2 Å². The van der Waals surface area contributed by atoms with Crippen LogP contribution in [0.4, 0.5) is 5.69 Å². The minimum Gasteiger partial charge on any atom is -0.467 e. The molecule has 0 heterocycles. The first-order chi connectivity index (χ1) is 8.49. The van der Waals surface area contributed by atoms with Crippen LogP contribution in [0.1, 0.15) is 22.8 Å². The van der Waals surface area contributed by atoms with Crippen molar-refractivity contribution in [2.24, 2.45) is 0 Å². The highest BCUT2D eigenvalue weighted by Crippen LogP contribution is 2.18. The van der Waals surface area contributed by atoms with E-state index in [1.165, 1.54) is 14.2 Å². The first kappa shape index (κ1) is 14.0. The fourth-order valence-electron chi connectivity index (χ4n) is 1.54. The van der Waals surface area contributed by atoms with Crippen LogP contribution in [0.25, 0.3) is 0 Å². The van der Waals surface area contributed by atoms with Crippen molar-refractivity contribution in [3.63, 3.8) is 0 Å². The quantitative estimate of drug-likeness (QED) is 0.826. The monoisotopic (exact) mass is 251 g/mol. The van der Waals surface area contributed by atoms with Crippen LogP contribution >= 0.6 is 0 Å². The number of hydrogen-bond acceptors (Lipinski definition) is 5. The lowest BCUT2D eigenvalue weighted by Gasteiger charge is -2.15. The standard InChI is InChI=1S/C13H17NO4/c1-8-7-10(13(16)18-4)5-6-11(8)14-9(2)12(15)17-3/h5-7,9,14H,1-4H3. The largest absolute Gasteiger partial charge is 0.467 e. The second kappa shape index (κ2) is 6.05. The van der Waals surface area contributed by atoms with E-state index in [1.807, 2.05) is 6.92 Å². The number of rotatable bonds is 4. The highest BCUT2D eigenvalue weighted by atomic mass is 16.5. The number of ether oxygens (including phenoxy) is 2. The third-order valence-electron chi connectivity index (χ3n) is 2.57. The van der Waals surface area contributed by atoms with Crippen molar-refractivity contribution in [3.05, 3.63) is 29.3 Å². The maximum atomic E-state index is 11.3. The molecular weight excluding hydrogens is 234 g/mol. The summed E-state index contributed by atoms with van der Waals surface area (Å²) >= 11 is 0. The van der Waals surface area contributed by atoms with Crippen LogP contribution in [-0.4, -0.2) is 32.2 Å². The Morgan fingerprint density at radius 1 is 1.22 bits per heavy atom. The zero-order chi connectivity index (χ0) is 13.7. The third-order valence-corrected chi connectivity index (χ3v) is 2.57. The van der Waals surface area contributed by atoms with E-state index in [-0.39, 0.29) is 11.9 Å². The van der Waals surface area contributed by atoms with Crippen LogP contribution in [-0.2, 0) is 14.3 Å². The highest BCUT2D eigenvalue weighted by molar-refractivity contribution is 5.90. The summed E-state index contributed by atoms with van der Waals surface area (Å²) in [5.74, 6) is -0.725. The summed E-state index contributed by atoms with van der Waals surface area (Å²) in [5.41, 5.74) is 2.11. The Balaban J connectivity index is 2.86. The molecule has 0 radical (unpaired) electrons. The Morgan fingerprint density at radius 2 is 1.89 bits per heavy atom. The van der Waals surface area contributed by atoms with Gasteiger partial charge in [-0.15, -0.1) is 0 Å². The molecule has 0 bridgehead atoms. The molecule has 5 nitrogen and oxygen atoms in total. The number of methoxy groups -OCH3 is 2. The molecule has 0 amide bonds. The Hall–Kier alpha value is -2.04. The number of aryl methyl sites for hydroxylation is 1. The van der Waals surface area contributed by atoms with Gasteiger partial charge in [0.25, 0.3) is 0 Å². The molecule has 98 valence electrons. The number of hydrogen-bond donors (Lipinski definition) is 1. The topological polar surface area (TPSA) is 64.6 Å². The van der Waals surface area contributed by atoms with Gasteiger partial charge in [-0.1, -0.05) is 0 Å². The first-order valence-electron chi connectivity index (χ1n) is 5.53. The SMILES string of the molecule is COC(=O)c1ccc(NC(C)C(=O)OC)c(C)c1. The molecule has 0 aliphatic carbocycles. The number of nitrogens with one attached hydrogen (secondary N) is 1. The normalized spacial score (nSPS) is 11.6. The summed E-state index contributed by atoms with van der Waals surface area (Å²) < 4.78 is 9.26. The van der Waals surface area contributed by atoms with Crippen molar-refractivity contribution >= 4 is 17.6 Å². The Labute approximate surface area is 106 Å². The molecule has 1 atom stereocenters. The smallest absolute Gasteiger partial charge is 0.337 e. The van der Waals surface area contributed by atoms with Crippen molar-refractivity contribution < 1.29 is 19.1 Å². The van der Waals surface area contributed by atoms with Crippen LogP contribution in [0.2, 0.25) is 0 Å². The molecule has 0 saturated carbocycles. The molecule has 1 aromatic rings. The van der Waals surface area contributed by atoms with E-state index in [1.54, 1.807) is 25.1 Å². The van der Waals surface area contributed by atoms with Crippen LogP contribution in [0.5, 0.6) is 0 Å². The maximum absolute atomic E-state index is 11.3. The van der Waals surface area contributed by atoms with Gasteiger partial charge in [-0.25, -0.2) is 9.59 Å². The number of esters is 2. The van der Waals surface area contributed by atoms with Crippen LogP contribution in [0, 0.1) is 6.92 Å². The van der Waals surface area contributed by atoms with E-state index < -0.39 is 6.04 Å². The second-order valence-electron chi connectivity index (χ2n) is 3.91. The molecule has 0 aliphatic heterocycles.